The zero-order valence-electron chi connectivity index (χ0n) is 17.3. The average Bonchev–Trinajstić information content (AvgIpc) is 3.35. The van der Waals surface area contributed by atoms with Crippen molar-refractivity contribution in [2.24, 2.45) is 12.0 Å². The molecule has 1 aromatic rings. The molecule has 0 saturated carbocycles. The number of aryl methyl sites for hydroxylation is 1. The fourth-order valence-corrected chi connectivity index (χ4v) is 4.12. The Morgan fingerprint density at radius 2 is 2.07 bits per heavy atom. The van der Waals surface area contributed by atoms with Gasteiger partial charge in [-0.05, 0) is 53.4 Å². The van der Waals surface area contributed by atoms with Crippen LogP contribution in [0.25, 0.3) is 0 Å². The van der Waals surface area contributed by atoms with Crippen LogP contribution >= 0.6 is 24.0 Å². The first-order valence-electron chi connectivity index (χ1n) is 10.0. The first-order valence-corrected chi connectivity index (χ1v) is 10.0. The van der Waals surface area contributed by atoms with Gasteiger partial charge in [0.15, 0.2) is 5.96 Å². The van der Waals surface area contributed by atoms with E-state index in [1.807, 2.05) is 17.9 Å². The number of nitrogens with one attached hydrogen (secondary N) is 1. The SMILES string of the molecule is CCNC(=NCC(c1cnn(C)c1)N(C)C)N1CCC(N2CCCC2)C1.I. The lowest BCUT2D eigenvalue weighted by atomic mass is 10.1. The molecule has 2 saturated heterocycles. The highest BCUT2D eigenvalue weighted by Crippen LogP contribution is 2.21. The van der Waals surface area contributed by atoms with Crippen LogP contribution in [0, 0.1) is 0 Å². The quantitative estimate of drug-likeness (QED) is 0.375. The molecule has 1 aromatic heterocycles. The molecule has 0 bridgehead atoms. The monoisotopic (exact) mass is 489 g/mol. The fraction of sp³-hybridized carbons (Fsp3) is 0.789. The molecule has 27 heavy (non-hydrogen) atoms. The Kier molecular flexibility index (Phi) is 8.81. The van der Waals surface area contributed by atoms with Crippen LogP contribution in [-0.2, 0) is 7.05 Å². The Hall–Kier alpha value is -0.870. The molecule has 3 rings (SSSR count). The summed E-state index contributed by atoms with van der Waals surface area (Å²) in [5.41, 5.74) is 1.22. The van der Waals surface area contributed by atoms with E-state index in [9.17, 15) is 0 Å². The Balaban J connectivity index is 0.00000261. The van der Waals surface area contributed by atoms with Gasteiger partial charge >= 0.3 is 0 Å². The molecule has 2 aliphatic rings. The van der Waals surface area contributed by atoms with Crippen LogP contribution in [0.5, 0.6) is 0 Å². The van der Waals surface area contributed by atoms with Gasteiger partial charge in [0.1, 0.15) is 0 Å². The zero-order valence-corrected chi connectivity index (χ0v) is 19.6. The molecule has 2 unspecified atom stereocenters. The summed E-state index contributed by atoms with van der Waals surface area (Å²) >= 11 is 0. The third-order valence-corrected chi connectivity index (χ3v) is 5.60. The lowest BCUT2D eigenvalue weighted by molar-refractivity contribution is 0.249. The molecular weight excluding hydrogens is 453 g/mol. The van der Waals surface area contributed by atoms with Gasteiger partial charge in [-0.2, -0.15) is 5.10 Å². The summed E-state index contributed by atoms with van der Waals surface area (Å²) in [6.07, 6.45) is 8.02. The van der Waals surface area contributed by atoms with Crippen LogP contribution in [0.2, 0.25) is 0 Å². The number of aromatic nitrogens is 2. The van der Waals surface area contributed by atoms with Gasteiger partial charge in [0.25, 0.3) is 0 Å². The van der Waals surface area contributed by atoms with Gasteiger partial charge in [-0.25, -0.2) is 0 Å². The number of rotatable bonds is 6. The molecule has 0 amide bonds. The third-order valence-electron chi connectivity index (χ3n) is 5.60. The lowest BCUT2D eigenvalue weighted by Gasteiger charge is -2.26. The second-order valence-electron chi connectivity index (χ2n) is 7.75. The summed E-state index contributed by atoms with van der Waals surface area (Å²) in [6, 6.07) is 0.943. The van der Waals surface area contributed by atoms with Gasteiger partial charge in [-0.3, -0.25) is 14.6 Å². The van der Waals surface area contributed by atoms with E-state index in [2.05, 4.69) is 52.3 Å². The number of hydrogen-bond donors (Lipinski definition) is 1. The van der Waals surface area contributed by atoms with Crippen LogP contribution in [0.1, 0.15) is 37.8 Å². The highest BCUT2D eigenvalue weighted by molar-refractivity contribution is 14.0. The van der Waals surface area contributed by atoms with E-state index in [0.29, 0.717) is 6.04 Å². The number of aliphatic imine (C=N–C) groups is 1. The molecule has 3 heterocycles. The van der Waals surface area contributed by atoms with Crippen LogP contribution in [0.3, 0.4) is 0 Å². The second-order valence-corrected chi connectivity index (χ2v) is 7.75. The summed E-state index contributed by atoms with van der Waals surface area (Å²) in [5.74, 6) is 1.06. The van der Waals surface area contributed by atoms with Crippen LogP contribution in [0.15, 0.2) is 17.4 Å². The number of likely N-dealkylation sites (N-methyl/N-ethyl adjacent to an activating group) is 1. The molecule has 2 aliphatic heterocycles. The van der Waals surface area contributed by atoms with Gasteiger partial charge in [0, 0.05) is 44.5 Å². The molecule has 0 spiro atoms. The maximum atomic E-state index is 5.00. The predicted molar refractivity (Wildman–Crippen MR) is 122 cm³/mol. The molecular formula is C19H36IN7. The maximum Gasteiger partial charge on any atom is 0.194 e. The van der Waals surface area contributed by atoms with Crippen molar-refractivity contribution >= 4 is 29.9 Å². The van der Waals surface area contributed by atoms with Crippen LogP contribution in [-0.4, -0.2) is 89.8 Å². The predicted octanol–water partition coefficient (Wildman–Crippen LogP) is 1.78. The molecule has 2 fully saturated rings. The normalized spacial score (nSPS) is 22.3. The number of hydrogen-bond acceptors (Lipinski definition) is 4. The summed E-state index contributed by atoms with van der Waals surface area (Å²) in [6.45, 7) is 8.55. The number of likely N-dealkylation sites (tertiary alicyclic amines) is 2. The van der Waals surface area contributed by atoms with Crippen molar-refractivity contribution in [3.05, 3.63) is 18.0 Å². The van der Waals surface area contributed by atoms with Gasteiger partial charge < -0.3 is 15.1 Å². The fourth-order valence-electron chi connectivity index (χ4n) is 4.12. The van der Waals surface area contributed by atoms with Gasteiger partial charge in [-0.1, -0.05) is 0 Å². The minimum atomic E-state index is 0. The van der Waals surface area contributed by atoms with E-state index in [1.165, 1.54) is 37.9 Å². The molecule has 1 N–H and O–H groups in total. The van der Waals surface area contributed by atoms with Crippen molar-refractivity contribution in [2.75, 3.05) is 53.4 Å². The van der Waals surface area contributed by atoms with E-state index in [0.717, 1.165) is 32.1 Å². The topological polar surface area (TPSA) is 51.9 Å². The van der Waals surface area contributed by atoms with Crippen molar-refractivity contribution in [1.82, 2.24) is 29.8 Å². The summed E-state index contributed by atoms with van der Waals surface area (Å²) in [4.78, 5) is 12.3. The lowest BCUT2D eigenvalue weighted by Crippen LogP contribution is -2.43. The third kappa shape index (κ3) is 5.80. The second kappa shape index (κ2) is 10.6. The Morgan fingerprint density at radius 3 is 2.67 bits per heavy atom. The minimum absolute atomic E-state index is 0. The number of halogens is 1. The van der Waals surface area contributed by atoms with E-state index in [4.69, 9.17) is 4.99 Å². The zero-order chi connectivity index (χ0) is 18.5. The first-order chi connectivity index (χ1) is 12.6. The molecule has 0 aliphatic carbocycles. The first kappa shape index (κ1) is 22.4. The number of nitrogens with zero attached hydrogens (tertiary/aromatic N) is 6. The van der Waals surface area contributed by atoms with Crippen LogP contribution in [0.4, 0.5) is 0 Å². The van der Waals surface area contributed by atoms with E-state index in [1.54, 1.807) is 0 Å². The average molecular weight is 489 g/mol. The van der Waals surface area contributed by atoms with E-state index < -0.39 is 0 Å². The maximum absolute atomic E-state index is 5.00. The molecule has 2 atom stereocenters. The van der Waals surface area contributed by atoms with Crippen molar-refractivity contribution in [2.45, 2.75) is 38.3 Å². The van der Waals surface area contributed by atoms with E-state index in [-0.39, 0.29) is 30.0 Å². The smallest absolute Gasteiger partial charge is 0.194 e. The van der Waals surface area contributed by atoms with Crippen molar-refractivity contribution in [3.8, 4) is 0 Å². The van der Waals surface area contributed by atoms with Crippen molar-refractivity contribution < 1.29 is 0 Å². The molecule has 0 radical (unpaired) electrons. The minimum Gasteiger partial charge on any atom is -0.357 e. The Bertz CT molecular complexity index is 595. The highest BCUT2D eigenvalue weighted by atomic mass is 127. The summed E-state index contributed by atoms with van der Waals surface area (Å²) < 4.78 is 1.86. The van der Waals surface area contributed by atoms with Gasteiger partial charge in [0.2, 0.25) is 0 Å². The van der Waals surface area contributed by atoms with Crippen LogP contribution < -0.4 is 5.32 Å². The van der Waals surface area contributed by atoms with Crippen molar-refractivity contribution in [1.29, 1.82) is 0 Å². The Morgan fingerprint density at radius 1 is 1.33 bits per heavy atom. The summed E-state index contributed by atoms with van der Waals surface area (Å²) in [7, 11) is 6.19. The standard InChI is InChI=1S/C19H35N7.HI/c1-5-20-19(26-11-8-17(15-26)25-9-6-7-10-25)21-13-18(23(2)3)16-12-22-24(4)14-16;/h12,14,17-18H,5-11,13,15H2,1-4H3,(H,20,21);1H. The van der Waals surface area contributed by atoms with Gasteiger partial charge in [0.05, 0.1) is 18.8 Å². The summed E-state index contributed by atoms with van der Waals surface area (Å²) in [5, 5.41) is 7.83. The van der Waals surface area contributed by atoms with Gasteiger partial charge in [-0.15, -0.1) is 24.0 Å². The molecule has 8 heteroatoms. The molecule has 7 nitrogen and oxygen atoms in total. The Labute approximate surface area is 181 Å². The molecule has 154 valence electrons. The molecule has 0 aromatic carbocycles. The van der Waals surface area contributed by atoms with Crippen molar-refractivity contribution in [3.63, 3.8) is 0 Å². The number of guanidine groups is 1. The largest absolute Gasteiger partial charge is 0.357 e. The highest BCUT2D eigenvalue weighted by Gasteiger charge is 2.30. The van der Waals surface area contributed by atoms with E-state index >= 15 is 0 Å².